The van der Waals surface area contributed by atoms with Crippen LogP contribution in [0.2, 0.25) is 0 Å². The Morgan fingerprint density at radius 1 is 1.23 bits per heavy atom. The summed E-state index contributed by atoms with van der Waals surface area (Å²) in [7, 11) is 1.79. The van der Waals surface area contributed by atoms with Gasteiger partial charge in [0.1, 0.15) is 5.82 Å². The second-order valence-corrected chi connectivity index (χ2v) is 7.59. The molecule has 3 rings (SSSR count). The summed E-state index contributed by atoms with van der Waals surface area (Å²) >= 11 is 1.75. The molecule has 26 heavy (non-hydrogen) atoms. The molecular weight excluding hydrogens is 457 g/mol. The maximum atomic E-state index is 4.65. The molecule has 1 aliphatic rings. The van der Waals surface area contributed by atoms with Gasteiger partial charge >= 0.3 is 0 Å². The van der Waals surface area contributed by atoms with E-state index < -0.39 is 0 Å². The molecular formula is C19H28IN5S. The SMILES string of the molecule is CN=C(NCc1ccc(N2CCC(C)CC2)nc1)NCc1cccs1.I. The van der Waals surface area contributed by atoms with Crippen LogP contribution in [-0.2, 0) is 13.1 Å². The molecule has 2 aromatic rings. The number of guanidine groups is 1. The Balaban J connectivity index is 0.00000243. The first-order valence-electron chi connectivity index (χ1n) is 8.91. The van der Waals surface area contributed by atoms with Crippen LogP contribution in [0.15, 0.2) is 40.8 Å². The van der Waals surface area contributed by atoms with Crippen LogP contribution < -0.4 is 15.5 Å². The molecule has 0 atom stereocenters. The maximum Gasteiger partial charge on any atom is 0.191 e. The van der Waals surface area contributed by atoms with E-state index in [1.54, 1.807) is 18.4 Å². The number of halogens is 1. The first-order valence-corrected chi connectivity index (χ1v) is 9.79. The van der Waals surface area contributed by atoms with E-state index in [2.05, 4.69) is 62.1 Å². The standard InChI is InChI=1S/C19H27N5S.HI/c1-15-7-9-24(10-8-15)18-6-5-16(12-21-18)13-22-19(20-2)23-14-17-4-3-11-25-17;/h3-6,11-12,15H,7-10,13-14H2,1-2H3,(H2,20,22,23);1H. The van der Waals surface area contributed by atoms with Crippen molar-refractivity contribution in [3.8, 4) is 0 Å². The van der Waals surface area contributed by atoms with Crippen LogP contribution in [0.3, 0.4) is 0 Å². The number of piperidine rings is 1. The van der Waals surface area contributed by atoms with E-state index in [0.29, 0.717) is 6.54 Å². The van der Waals surface area contributed by atoms with Crippen LogP contribution in [-0.4, -0.2) is 31.1 Å². The number of thiophene rings is 1. The number of rotatable bonds is 5. The van der Waals surface area contributed by atoms with Crippen LogP contribution in [0, 0.1) is 5.92 Å². The van der Waals surface area contributed by atoms with Crippen molar-refractivity contribution < 1.29 is 0 Å². The molecule has 1 fully saturated rings. The molecule has 0 radical (unpaired) electrons. The van der Waals surface area contributed by atoms with Gasteiger partial charge in [-0.1, -0.05) is 19.1 Å². The zero-order valence-corrected chi connectivity index (χ0v) is 18.6. The van der Waals surface area contributed by atoms with Crippen molar-refractivity contribution in [1.82, 2.24) is 15.6 Å². The lowest BCUT2D eigenvalue weighted by molar-refractivity contribution is 0.436. The van der Waals surface area contributed by atoms with Gasteiger partial charge in [-0.2, -0.15) is 0 Å². The molecule has 142 valence electrons. The van der Waals surface area contributed by atoms with E-state index in [4.69, 9.17) is 0 Å². The summed E-state index contributed by atoms with van der Waals surface area (Å²) in [6, 6.07) is 8.47. The number of hydrogen-bond acceptors (Lipinski definition) is 4. The molecule has 7 heteroatoms. The Hall–Kier alpha value is -1.35. The van der Waals surface area contributed by atoms with Gasteiger partial charge in [0.05, 0.1) is 6.54 Å². The number of anilines is 1. The highest BCUT2D eigenvalue weighted by atomic mass is 127. The van der Waals surface area contributed by atoms with Crippen molar-refractivity contribution >= 4 is 47.1 Å². The normalized spacial score (nSPS) is 15.5. The summed E-state index contributed by atoms with van der Waals surface area (Å²) in [6.45, 7) is 6.07. The van der Waals surface area contributed by atoms with Gasteiger partial charge < -0.3 is 15.5 Å². The zero-order chi connectivity index (χ0) is 17.5. The molecule has 1 aliphatic heterocycles. The summed E-state index contributed by atoms with van der Waals surface area (Å²) in [5, 5.41) is 8.76. The number of pyridine rings is 1. The maximum absolute atomic E-state index is 4.65. The molecule has 5 nitrogen and oxygen atoms in total. The summed E-state index contributed by atoms with van der Waals surface area (Å²) in [4.78, 5) is 12.6. The largest absolute Gasteiger partial charge is 0.357 e. The quantitative estimate of drug-likeness (QED) is 0.384. The third-order valence-electron chi connectivity index (χ3n) is 4.61. The van der Waals surface area contributed by atoms with Crippen molar-refractivity contribution in [2.24, 2.45) is 10.9 Å². The van der Waals surface area contributed by atoms with Crippen molar-refractivity contribution in [3.05, 3.63) is 46.3 Å². The highest BCUT2D eigenvalue weighted by Gasteiger charge is 2.16. The smallest absolute Gasteiger partial charge is 0.191 e. The summed E-state index contributed by atoms with van der Waals surface area (Å²) in [5.74, 6) is 2.74. The number of nitrogens with one attached hydrogen (secondary N) is 2. The molecule has 0 bridgehead atoms. The van der Waals surface area contributed by atoms with E-state index in [1.807, 2.05) is 6.20 Å². The molecule has 0 saturated carbocycles. The number of aromatic nitrogens is 1. The molecule has 1 saturated heterocycles. The Morgan fingerprint density at radius 3 is 2.62 bits per heavy atom. The summed E-state index contributed by atoms with van der Waals surface area (Å²) in [6.07, 6.45) is 4.49. The van der Waals surface area contributed by atoms with Crippen LogP contribution in [0.1, 0.15) is 30.2 Å². The van der Waals surface area contributed by atoms with Crippen LogP contribution in [0.25, 0.3) is 0 Å². The third-order valence-corrected chi connectivity index (χ3v) is 5.49. The molecule has 3 heterocycles. The van der Waals surface area contributed by atoms with Crippen molar-refractivity contribution in [2.45, 2.75) is 32.9 Å². The Labute approximate surface area is 177 Å². The topological polar surface area (TPSA) is 52.6 Å². The Bertz CT molecular complexity index is 664. The lowest BCUT2D eigenvalue weighted by Gasteiger charge is -2.31. The zero-order valence-electron chi connectivity index (χ0n) is 15.4. The van der Waals surface area contributed by atoms with Crippen LogP contribution in [0.4, 0.5) is 5.82 Å². The predicted molar refractivity (Wildman–Crippen MR) is 122 cm³/mol. The lowest BCUT2D eigenvalue weighted by Crippen LogP contribution is -2.36. The van der Waals surface area contributed by atoms with Gasteiger partial charge in [-0.05, 0) is 41.8 Å². The van der Waals surface area contributed by atoms with Crippen molar-refractivity contribution in [2.75, 3.05) is 25.0 Å². The Kier molecular flexibility index (Phi) is 8.64. The van der Waals surface area contributed by atoms with Gasteiger partial charge in [0.2, 0.25) is 0 Å². The highest BCUT2D eigenvalue weighted by molar-refractivity contribution is 14.0. The highest BCUT2D eigenvalue weighted by Crippen LogP contribution is 2.21. The van der Waals surface area contributed by atoms with Crippen molar-refractivity contribution in [1.29, 1.82) is 0 Å². The molecule has 0 amide bonds. The average Bonchev–Trinajstić information content (AvgIpc) is 3.17. The van der Waals surface area contributed by atoms with Gasteiger partial charge in [0, 0.05) is 37.8 Å². The van der Waals surface area contributed by atoms with Gasteiger partial charge in [-0.3, -0.25) is 4.99 Å². The van der Waals surface area contributed by atoms with E-state index in [9.17, 15) is 0 Å². The van der Waals surface area contributed by atoms with Gasteiger partial charge in [-0.15, -0.1) is 35.3 Å². The first-order chi connectivity index (χ1) is 12.2. The van der Waals surface area contributed by atoms with E-state index in [-0.39, 0.29) is 24.0 Å². The predicted octanol–water partition coefficient (Wildman–Crippen LogP) is 3.86. The number of hydrogen-bond donors (Lipinski definition) is 2. The molecule has 2 N–H and O–H groups in total. The lowest BCUT2D eigenvalue weighted by atomic mass is 9.99. The minimum atomic E-state index is 0. The van der Waals surface area contributed by atoms with Gasteiger partial charge in [0.15, 0.2) is 5.96 Å². The average molecular weight is 485 g/mol. The van der Waals surface area contributed by atoms with Crippen molar-refractivity contribution in [3.63, 3.8) is 0 Å². The second kappa shape index (κ2) is 10.7. The van der Waals surface area contributed by atoms with Crippen LogP contribution >= 0.6 is 35.3 Å². The molecule has 0 unspecified atom stereocenters. The second-order valence-electron chi connectivity index (χ2n) is 6.55. The molecule has 2 aromatic heterocycles. The molecule has 0 aromatic carbocycles. The minimum absolute atomic E-state index is 0. The summed E-state index contributed by atoms with van der Waals surface area (Å²) < 4.78 is 0. The molecule has 0 aliphatic carbocycles. The molecule has 0 spiro atoms. The van der Waals surface area contributed by atoms with Crippen LogP contribution in [0.5, 0.6) is 0 Å². The fourth-order valence-corrected chi connectivity index (χ4v) is 3.58. The van der Waals surface area contributed by atoms with E-state index >= 15 is 0 Å². The monoisotopic (exact) mass is 485 g/mol. The minimum Gasteiger partial charge on any atom is -0.357 e. The third kappa shape index (κ3) is 6.12. The fourth-order valence-electron chi connectivity index (χ4n) is 2.94. The summed E-state index contributed by atoms with van der Waals surface area (Å²) in [5.41, 5.74) is 1.16. The Morgan fingerprint density at radius 2 is 2.00 bits per heavy atom. The van der Waals surface area contributed by atoms with Gasteiger partial charge in [-0.25, -0.2) is 4.98 Å². The number of aliphatic imine (C=N–C) groups is 1. The van der Waals surface area contributed by atoms with E-state index in [1.165, 1.54) is 17.7 Å². The number of nitrogens with zero attached hydrogens (tertiary/aromatic N) is 3. The fraction of sp³-hybridized carbons (Fsp3) is 0.474. The first kappa shape index (κ1) is 21.0. The van der Waals surface area contributed by atoms with Gasteiger partial charge in [0.25, 0.3) is 0 Å². The van der Waals surface area contributed by atoms with E-state index in [0.717, 1.165) is 42.9 Å².